The van der Waals surface area contributed by atoms with Crippen LogP contribution in [-0.2, 0) is 0 Å². The average molecular weight is 419 g/mol. The monoisotopic (exact) mass is 418 g/mol. The van der Waals surface area contributed by atoms with Crippen molar-refractivity contribution in [3.63, 3.8) is 0 Å². The lowest BCUT2D eigenvalue weighted by Crippen LogP contribution is -2.06. The summed E-state index contributed by atoms with van der Waals surface area (Å²) in [4.78, 5) is 17.0. The Balaban J connectivity index is 1.51. The van der Waals surface area contributed by atoms with Crippen LogP contribution in [0.15, 0.2) is 58.4 Å². The Hall–Kier alpha value is -3.19. The molecule has 3 heterocycles. The smallest absolute Gasteiger partial charge is 0.277 e. The zero-order valence-electron chi connectivity index (χ0n) is 17.3. The Kier molecular flexibility index (Phi) is 5.55. The summed E-state index contributed by atoms with van der Waals surface area (Å²) in [6, 6.07) is 12.0. The number of nitrogens with zero attached hydrogens (tertiary/aromatic N) is 4. The summed E-state index contributed by atoms with van der Waals surface area (Å²) < 4.78 is 7.78. The van der Waals surface area contributed by atoms with Gasteiger partial charge >= 0.3 is 0 Å². The second kappa shape index (κ2) is 8.28. The summed E-state index contributed by atoms with van der Waals surface area (Å²) in [6.07, 6.45) is 3.34. The number of benzene rings is 1. The Morgan fingerprint density at radius 1 is 1.07 bits per heavy atom. The first kappa shape index (κ1) is 20.1. The number of carbonyl (C=O) groups excluding carboxylic acids is 1. The zero-order valence-corrected chi connectivity index (χ0v) is 18.2. The molecule has 0 amide bonds. The third-order valence-electron chi connectivity index (χ3n) is 4.84. The van der Waals surface area contributed by atoms with Gasteiger partial charge in [0, 0.05) is 35.0 Å². The van der Waals surface area contributed by atoms with Gasteiger partial charge in [0.1, 0.15) is 0 Å². The number of hydrogen-bond donors (Lipinski definition) is 0. The van der Waals surface area contributed by atoms with Crippen LogP contribution < -0.4 is 0 Å². The van der Waals surface area contributed by atoms with Crippen molar-refractivity contribution in [2.75, 3.05) is 5.75 Å². The molecular weight excluding hydrogens is 396 g/mol. The summed E-state index contributed by atoms with van der Waals surface area (Å²) in [6.45, 7) is 8.16. The fourth-order valence-corrected chi connectivity index (χ4v) is 4.25. The van der Waals surface area contributed by atoms with Crippen molar-refractivity contribution in [3.05, 3.63) is 76.9 Å². The van der Waals surface area contributed by atoms with Crippen molar-refractivity contribution >= 4 is 17.5 Å². The molecule has 0 aliphatic carbocycles. The van der Waals surface area contributed by atoms with E-state index in [0.29, 0.717) is 16.7 Å². The number of Topliss-reactive ketones (excluding diaryl/α,β-unsaturated/α-hetero) is 1. The standard InChI is InChI=1S/C23H22N4O2S/c1-14-8-15(2)10-19(9-14)27-16(3)11-20(17(27)4)21(28)13-30-23-26-25-22(29-23)18-6-5-7-24-12-18/h5-12H,13H2,1-4H3. The fourth-order valence-electron chi connectivity index (χ4n) is 3.60. The van der Waals surface area contributed by atoms with Gasteiger partial charge in [-0.05, 0) is 69.2 Å². The molecule has 6 nitrogen and oxygen atoms in total. The molecule has 4 rings (SSSR count). The molecule has 152 valence electrons. The van der Waals surface area contributed by atoms with Crippen molar-refractivity contribution in [3.8, 4) is 17.1 Å². The predicted molar refractivity (Wildman–Crippen MR) is 117 cm³/mol. The first-order valence-corrected chi connectivity index (χ1v) is 10.6. The molecule has 0 fully saturated rings. The van der Waals surface area contributed by atoms with Gasteiger partial charge in [-0.15, -0.1) is 10.2 Å². The molecule has 0 spiro atoms. The number of hydrogen-bond acceptors (Lipinski definition) is 6. The maximum atomic E-state index is 12.9. The minimum atomic E-state index is 0.0323. The Bertz CT molecular complexity index is 1190. The number of carbonyl (C=O) groups is 1. The highest BCUT2D eigenvalue weighted by atomic mass is 32.2. The molecule has 0 saturated heterocycles. The van der Waals surface area contributed by atoms with Crippen molar-refractivity contribution in [1.29, 1.82) is 0 Å². The number of thioether (sulfide) groups is 1. The molecule has 0 aliphatic heterocycles. The van der Waals surface area contributed by atoms with E-state index in [4.69, 9.17) is 4.42 Å². The van der Waals surface area contributed by atoms with Crippen LogP contribution >= 0.6 is 11.8 Å². The molecule has 0 N–H and O–H groups in total. The molecule has 1 aromatic carbocycles. The summed E-state index contributed by atoms with van der Waals surface area (Å²) in [5, 5.41) is 8.43. The Morgan fingerprint density at radius 2 is 1.83 bits per heavy atom. The maximum absolute atomic E-state index is 12.9. The van der Waals surface area contributed by atoms with E-state index in [2.05, 4.69) is 51.8 Å². The predicted octanol–water partition coefficient (Wildman–Crippen LogP) is 5.13. The van der Waals surface area contributed by atoms with Crippen LogP contribution in [0.5, 0.6) is 0 Å². The fraction of sp³-hybridized carbons (Fsp3) is 0.217. The topological polar surface area (TPSA) is 73.8 Å². The molecule has 30 heavy (non-hydrogen) atoms. The van der Waals surface area contributed by atoms with Gasteiger partial charge in [0.05, 0.1) is 11.3 Å². The Labute approximate surface area is 179 Å². The average Bonchev–Trinajstić information content (AvgIpc) is 3.30. The quantitative estimate of drug-likeness (QED) is 0.319. The molecule has 0 radical (unpaired) electrons. The lowest BCUT2D eigenvalue weighted by molar-refractivity contribution is 0.102. The van der Waals surface area contributed by atoms with Gasteiger partial charge in [-0.2, -0.15) is 0 Å². The lowest BCUT2D eigenvalue weighted by atomic mass is 10.1. The van der Waals surface area contributed by atoms with Crippen LogP contribution in [0.2, 0.25) is 0 Å². The van der Waals surface area contributed by atoms with E-state index in [9.17, 15) is 4.79 Å². The highest BCUT2D eigenvalue weighted by Crippen LogP contribution is 2.26. The SMILES string of the molecule is Cc1cc(C)cc(-n2c(C)cc(C(=O)CSc3nnc(-c4cccnc4)o3)c2C)c1. The van der Waals surface area contributed by atoms with Crippen molar-refractivity contribution < 1.29 is 9.21 Å². The van der Waals surface area contributed by atoms with Gasteiger partial charge < -0.3 is 8.98 Å². The summed E-state index contributed by atoms with van der Waals surface area (Å²) >= 11 is 1.24. The number of aromatic nitrogens is 4. The number of aryl methyl sites for hydroxylation is 3. The van der Waals surface area contributed by atoms with E-state index >= 15 is 0 Å². The van der Waals surface area contributed by atoms with Gasteiger partial charge in [-0.1, -0.05) is 17.8 Å². The lowest BCUT2D eigenvalue weighted by Gasteiger charge is -2.12. The van der Waals surface area contributed by atoms with Crippen molar-refractivity contribution in [1.82, 2.24) is 19.7 Å². The number of rotatable bonds is 6. The molecule has 0 bridgehead atoms. The molecule has 7 heteroatoms. The van der Waals surface area contributed by atoms with Crippen molar-refractivity contribution in [2.45, 2.75) is 32.9 Å². The van der Waals surface area contributed by atoms with Crippen LogP contribution in [0.25, 0.3) is 17.1 Å². The highest BCUT2D eigenvalue weighted by molar-refractivity contribution is 7.99. The number of ketones is 1. The van der Waals surface area contributed by atoms with Crippen molar-refractivity contribution in [2.24, 2.45) is 0 Å². The minimum absolute atomic E-state index is 0.0323. The molecule has 0 saturated carbocycles. The minimum Gasteiger partial charge on any atom is -0.411 e. The number of pyridine rings is 1. The van der Waals surface area contributed by atoms with E-state index in [-0.39, 0.29) is 11.5 Å². The first-order chi connectivity index (χ1) is 14.4. The van der Waals surface area contributed by atoms with Crippen LogP contribution in [0.3, 0.4) is 0 Å². The van der Waals surface area contributed by atoms with Crippen LogP contribution in [-0.4, -0.2) is 31.3 Å². The summed E-state index contributed by atoms with van der Waals surface area (Å²) in [5.41, 5.74) is 6.90. The first-order valence-electron chi connectivity index (χ1n) is 9.60. The summed E-state index contributed by atoms with van der Waals surface area (Å²) in [7, 11) is 0. The highest BCUT2D eigenvalue weighted by Gasteiger charge is 2.18. The van der Waals surface area contributed by atoms with E-state index in [0.717, 1.165) is 22.6 Å². The summed E-state index contributed by atoms with van der Waals surface area (Å²) in [5.74, 6) is 0.655. The van der Waals surface area contributed by atoms with Gasteiger partial charge in [0.2, 0.25) is 5.89 Å². The molecular formula is C23H22N4O2S. The molecule has 0 atom stereocenters. The molecule has 4 aromatic rings. The van der Waals surface area contributed by atoms with Gasteiger partial charge in [-0.25, -0.2) is 0 Å². The van der Waals surface area contributed by atoms with Gasteiger partial charge in [-0.3, -0.25) is 9.78 Å². The largest absolute Gasteiger partial charge is 0.411 e. The zero-order chi connectivity index (χ0) is 21.3. The Morgan fingerprint density at radius 3 is 2.53 bits per heavy atom. The van der Waals surface area contributed by atoms with Crippen LogP contribution in [0.1, 0.15) is 32.9 Å². The third kappa shape index (κ3) is 4.07. The van der Waals surface area contributed by atoms with E-state index in [1.165, 1.54) is 22.9 Å². The second-order valence-electron chi connectivity index (χ2n) is 7.29. The van der Waals surface area contributed by atoms with Crippen LogP contribution in [0, 0.1) is 27.7 Å². The van der Waals surface area contributed by atoms with Gasteiger partial charge in [0.15, 0.2) is 5.78 Å². The molecule has 0 aliphatic rings. The van der Waals surface area contributed by atoms with E-state index < -0.39 is 0 Å². The van der Waals surface area contributed by atoms with Crippen LogP contribution in [0.4, 0.5) is 0 Å². The second-order valence-corrected chi connectivity index (χ2v) is 8.22. The molecule has 0 unspecified atom stereocenters. The normalized spacial score (nSPS) is 11.1. The molecule has 3 aromatic heterocycles. The van der Waals surface area contributed by atoms with E-state index in [1.807, 2.05) is 26.0 Å². The van der Waals surface area contributed by atoms with Gasteiger partial charge in [0.25, 0.3) is 5.22 Å². The third-order valence-corrected chi connectivity index (χ3v) is 5.66. The van der Waals surface area contributed by atoms with E-state index in [1.54, 1.807) is 18.5 Å². The maximum Gasteiger partial charge on any atom is 0.277 e.